The molecule has 0 spiro atoms. The fourth-order valence-corrected chi connectivity index (χ4v) is 1.25. The van der Waals surface area contributed by atoms with Crippen molar-refractivity contribution in [1.29, 1.82) is 0 Å². The van der Waals surface area contributed by atoms with Crippen LogP contribution < -0.4 is 0 Å². The molecule has 0 aliphatic rings. The first kappa shape index (κ1) is 13.5. The van der Waals surface area contributed by atoms with Crippen molar-refractivity contribution >= 4 is 5.97 Å². The van der Waals surface area contributed by atoms with Crippen LogP contribution in [0.4, 0.5) is 13.2 Å². The van der Waals surface area contributed by atoms with E-state index in [1.807, 2.05) is 0 Å². The Kier molecular flexibility index (Phi) is 4.14. The molecule has 0 amide bonds. The molecule has 0 fully saturated rings. The SMILES string of the molecule is CCOC(=O)C(C)Cn1cc(C(F)(F)F)cn1. The van der Waals surface area contributed by atoms with E-state index in [1.54, 1.807) is 13.8 Å². The largest absolute Gasteiger partial charge is 0.466 e. The van der Waals surface area contributed by atoms with E-state index in [9.17, 15) is 18.0 Å². The lowest BCUT2D eigenvalue weighted by Gasteiger charge is -2.10. The van der Waals surface area contributed by atoms with Gasteiger partial charge >= 0.3 is 12.1 Å². The van der Waals surface area contributed by atoms with Crippen molar-refractivity contribution in [3.05, 3.63) is 18.0 Å². The van der Waals surface area contributed by atoms with Gasteiger partial charge in [0, 0.05) is 6.20 Å². The summed E-state index contributed by atoms with van der Waals surface area (Å²) in [6.07, 6.45) is -2.81. The van der Waals surface area contributed by atoms with Gasteiger partial charge in [-0.3, -0.25) is 9.48 Å². The summed E-state index contributed by atoms with van der Waals surface area (Å²) in [5.41, 5.74) is -0.825. The first-order chi connectivity index (χ1) is 7.84. The van der Waals surface area contributed by atoms with Gasteiger partial charge in [-0.25, -0.2) is 0 Å². The number of carbonyl (C=O) groups excluding carboxylic acids is 1. The number of carbonyl (C=O) groups is 1. The zero-order valence-corrected chi connectivity index (χ0v) is 9.49. The maximum Gasteiger partial charge on any atom is 0.419 e. The summed E-state index contributed by atoms with van der Waals surface area (Å²) in [5, 5.41) is 3.55. The number of ether oxygens (including phenoxy) is 1. The van der Waals surface area contributed by atoms with Gasteiger partial charge in [0.15, 0.2) is 0 Å². The molecule has 4 nitrogen and oxygen atoms in total. The van der Waals surface area contributed by atoms with E-state index in [0.717, 1.165) is 17.1 Å². The number of nitrogens with zero attached hydrogens (tertiary/aromatic N) is 2. The molecule has 0 aliphatic carbocycles. The molecule has 0 radical (unpaired) electrons. The first-order valence-corrected chi connectivity index (χ1v) is 5.11. The molecule has 17 heavy (non-hydrogen) atoms. The van der Waals surface area contributed by atoms with Crippen LogP contribution in [0.1, 0.15) is 19.4 Å². The minimum absolute atomic E-state index is 0.0644. The summed E-state index contributed by atoms with van der Waals surface area (Å²) in [6.45, 7) is 3.55. The molecule has 1 atom stereocenters. The second-order valence-corrected chi connectivity index (χ2v) is 3.60. The number of hydrogen-bond donors (Lipinski definition) is 0. The standard InChI is InChI=1S/C10H13F3N2O2/c1-3-17-9(16)7(2)5-15-6-8(4-14-15)10(11,12)13/h4,6-7H,3,5H2,1-2H3. The number of rotatable bonds is 4. The van der Waals surface area contributed by atoms with E-state index in [-0.39, 0.29) is 13.2 Å². The zero-order chi connectivity index (χ0) is 13.1. The number of hydrogen-bond acceptors (Lipinski definition) is 3. The normalized spacial score (nSPS) is 13.5. The fourth-order valence-electron chi connectivity index (χ4n) is 1.25. The number of halogens is 3. The molecule has 1 aromatic rings. The summed E-state index contributed by atoms with van der Waals surface area (Å²) in [5.74, 6) is -0.979. The maximum atomic E-state index is 12.3. The molecular weight excluding hydrogens is 237 g/mol. The Morgan fingerprint density at radius 2 is 2.24 bits per heavy atom. The molecule has 0 aliphatic heterocycles. The maximum absolute atomic E-state index is 12.3. The Morgan fingerprint density at radius 1 is 1.59 bits per heavy atom. The van der Waals surface area contributed by atoms with E-state index in [0.29, 0.717) is 0 Å². The Labute approximate surface area is 96.4 Å². The highest BCUT2D eigenvalue weighted by Gasteiger charge is 2.32. The van der Waals surface area contributed by atoms with Gasteiger partial charge in [-0.05, 0) is 6.92 Å². The van der Waals surface area contributed by atoms with Crippen molar-refractivity contribution in [2.45, 2.75) is 26.6 Å². The molecule has 96 valence electrons. The number of aromatic nitrogens is 2. The van der Waals surface area contributed by atoms with E-state index >= 15 is 0 Å². The van der Waals surface area contributed by atoms with Crippen molar-refractivity contribution in [3.8, 4) is 0 Å². The third kappa shape index (κ3) is 3.76. The van der Waals surface area contributed by atoms with Crippen LogP contribution in [0, 0.1) is 5.92 Å². The number of esters is 1. The van der Waals surface area contributed by atoms with Crippen molar-refractivity contribution in [3.63, 3.8) is 0 Å². The zero-order valence-electron chi connectivity index (χ0n) is 9.49. The molecule has 1 aromatic heterocycles. The average Bonchev–Trinajstić information content (AvgIpc) is 2.66. The predicted octanol–water partition coefficient (Wildman–Crippen LogP) is 2.10. The van der Waals surface area contributed by atoms with E-state index in [2.05, 4.69) is 5.10 Å². The van der Waals surface area contributed by atoms with E-state index in [1.165, 1.54) is 0 Å². The Balaban J connectivity index is 2.64. The highest BCUT2D eigenvalue weighted by molar-refractivity contribution is 5.71. The molecule has 0 N–H and O–H groups in total. The Bertz CT molecular complexity index is 387. The molecule has 1 heterocycles. The summed E-state index contributed by atoms with van der Waals surface area (Å²) in [6, 6.07) is 0. The van der Waals surface area contributed by atoms with E-state index < -0.39 is 23.6 Å². The van der Waals surface area contributed by atoms with Crippen LogP contribution in [0.15, 0.2) is 12.4 Å². The van der Waals surface area contributed by atoms with Crippen LogP contribution >= 0.6 is 0 Å². The molecule has 0 saturated heterocycles. The molecular formula is C10H13F3N2O2. The summed E-state index contributed by atoms with van der Waals surface area (Å²) in [7, 11) is 0. The summed E-state index contributed by atoms with van der Waals surface area (Å²) >= 11 is 0. The van der Waals surface area contributed by atoms with Crippen molar-refractivity contribution in [1.82, 2.24) is 9.78 Å². The van der Waals surface area contributed by atoms with Gasteiger partial charge in [0.1, 0.15) is 0 Å². The highest BCUT2D eigenvalue weighted by Crippen LogP contribution is 2.28. The molecule has 1 unspecified atom stereocenters. The summed E-state index contributed by atoms with van der Waals surface area (Å²) < 4.78 is 42.7. The smallest absolute Gasteiger partial charge is 0.419 e. The van der Waals surface area contributed by atoms with E-state index in [4.69, 9.17) is 4.74 Å². The van der Waals surface area contributed by atoms with Gasteiger partial charge < -0.3 is 4.74 Å². The van der Waals surface area contributed by atoms with Crippen LogP contribution in [0.25, 0.3) is 0 Å². The second kappa shape index (κ2) is 5.20. The van der Waals surface area contributed by atoms with Crippen LogP contribution in [0.2, 0.25) is 0 Å². The van der Waals surface area contributed by atoms with Crippen molar-refractivity contribution in [2.24, 2.45) is 5.92 Å². The molecule has 7 heteroatoms. The van der Waals surface area contributed by atoms with Gasteiger partial charge in [0.2, 0.25) is 0 Å². The topological polar surface area (TPSA) is 44.1 Å². The second-order valence-electron chi connectivity index (χ2n) is 3.60. The third-order valence-corrected chi connectivity index (χ3v) is 2.11. The van der Waals surface area contributed by atoms with Crippen LogP contribution in [-0.2, 0) is 22.3 Å². The van der Waals surface area contributed by atoms with Crippen molar-refractivity contribution in [2.75, 3.05) is 6.61 Å². The third-order valence-electron chi connectivity index (χ3n) is 2.11. The van der Waals surface area contributed by atoms with Gasteiger partial charge in [-0.2, -0.15) is 18.3 Å². The predicted molar refractivity (Wildman–Crippen MR) is 53.0 cm³/mol. The number of alkyl halides is 3. The average molecular weight is 250 g/mol. The van der Waals surface area contributed by atoms with Gasteiger partial charge in [-0.15, -0.1) is 0 Å². The van der Waals surface area contributed by atoms with Gasteiger partial charge in [-0.1, -0.05) is 6.92 Å². The molecule has 1 rings (SSSR count). The minimum Gasteiger partial charge on any atom is -0.466 e. The van der Waals surface area contributed by atoms with Gasteiger partial charge in [0.05, 0.1) is 30.8 Å². The van der Waals surface area contributed by atoms with Gasteiger partial charge in [0.25, 0.3) is 0 Å². The molecule has 0 aromatic carbocycles. The van der Waals surface area contributed by atoms with Crippen LogP contribution in [0.5, 0.6) is 0 Å². The van der Waals surface area contributed by atoms with Crippen LogP contribution in [0.3, 0.4) is 0 Å². The lowest BCUT2D eigenvalue weighted by molar-refractivity contribution is -0.147. The lowest BCUT2D eigenvalue weighted by atomic mass is 10.2. The highest BCUT2D eigenvalue weighted by atomic mass is 19.4. The van der Waals surface area contributed by atoms with Crippen molar-refractivity contribution < 1.29 is 22.7 Å². The minimum atomic E-state index is -4.41. The Morgan fingerprint density at radius 3 is 2.71 bits per heavy atom. The summed E-state index contributed by atoms with van der Waals surface area (Å²) in [4.78, 5) is 11.3. The molecule has 0 saturated carbocycles. The molecule has 0 bridgehead atoms. The fraction of sp³-hybridized carbons (Fsp3) is 0.600. The monoisotopic (exact) mass is 250 g/mol. The lowest BCUT2D eigenvalue weighted by Crippen LogP contribution is -2.20. The Hall–Kier alpha value is -1.53. The quantitative estimate of drug-likeness (QED) is 0.769. The van der Waals surface area contributed by atoms with Crippen LogP contribution in [-0.4, -0.2) is 22.4 Å². The first-order valence-electron chi connectivity index (χ1n) is 5.11.